The molecule has 0 aliphatic heterocycles. The van der Waals surface area contributed by atoms with Gasteiger partial charge in [0.2, 0.25) is 0 Å². The first kappa shape index (κ1) is 14.8. The second-order valence-corrected chi connectivity index (χ2v) is 3.67. The zero-order valence-electron chi connectivity index (χ0n) is 10.8. The molecule has 1 aromatic rings. The molecule has 0 saturated carbocycles. The molecule has 1 aromatic carbocycles. The van der Waals surface area contributed by atoms with Crippen LogP contribution in [0.4, 0.5) is 4.79 Å². The van der Waals surface area contributed by atoms with Crippen molar-refractivity contribution in [2.24, 2.45) is 0 Å². The van der Waals surface area contributed by atoms with Crippen molar-refractivity contribution in [3.8, 4) is 0 Å². The Morgan fingerprint density at radius 3 is 2.63 bits per heavy atom. The first-order chi connectivity index (χ1) is 9.22. The molecule has 0 saturated heterocycles. The third-order valence-corrected chi connectivity index (χ3v) is 2.17. The van der Waals surface area contributed by atoms with Gasteiger partial charge in [0.15, 0.2) is 0 Å². The van der Waals surface area contributed by atoms with Gasteiger partial charge in [0, 0.05) is 0 Å². The molecule has 0 spiro atoms. The van der Waals surface area contributed by atoms with E-state index in [4.69, 9.17) is 9.47 Å². The van der Waals surface area contributed by atoms with Crippen LogP contribution in [0.1, 0.15) is 12.5 Å². The Labute approximate surface area is 112 Å². The molecule has 5 nitrogen and oxygen atoms in total. The van der Waals surface area contributed by atoms with Gasteiger partial charge in [0.05, 0.1) is 0 Å². The maximum Gasteiger partial charge on any atom is 0.407 e. The summed E-state index contributed by atoms with van der Waals surface area (Å²) in [4.78, 5) is 22.5. The lowest BCUT2D eigenvalue weighted by atomic mass is 10.2. The standard InChI is InChI=1S/C14H17NO4/c1-2-3-9-18-13(16)10-15-14(17)19-11-12-7-5-4-6-8-12/h2-8H,9-11H2,1H3,(H,15,17)/b3-2-. The van der Waals surface area contributed by atoms with E-state index >= 15 is 0 Å². The molecule has 5 heteroatoms. The van der Waals surface area contributed by atoms with Gasteiger partial charge < -0.3 is 14.8 Å². The van der Waals surface area contributed by atoms with E-state index in [1.54, 1.807) is 12.2 Å². The normalized spacial score (nSPS) is 10.2. The van der Waals surface area contributed by atoms with Crippen LogP contribution in [0.15, 0.2) is 42.5 Å². The van der Waals surface area contributed by atoms with Crippen LogP contribution in [0.5, 0.6) is 0 Å². The highest BCUT2D eigenvalue weighted by atomic mass is 16.6. The van der Waals surface area contributed by atoms with Crippen LogP contribution < -0.4 is 5.32 Å². The van der Waals surface area contributed by atoms with E-state index in [9.17, 15) is 9.59 Å². The van der Waals surface area contributed by atoms with E-state index in [0.717, 1.165) is 5.56 Å². The zero-order chi connectivity index (χ0) is 13.9. The fourth-order valence-corrected chi connectivity index (χ4v) is 1.21. The Balaban J connectivity index is 2.16. The highest BCUT2D eigenvalue weighted by molar-refractivity contribution is 5.77. The predicted octanol–water partition coefficient (Wildman–Crippen LogP) is 2.03. The highest BCUT2D eigenvalue weighted by Gasteiger charge is 2.06. The van der Waals surface area contributed by atoms with Crippen molar-refractivity contribution in [2.75, 3.05) is 13.2 Å². The minimum absolute atomic E-state index is 0.167. The second-order valence-electron chi connectivity index (χ2n) is 3.67. The van der Waals surface area contributed by atoms with Crippen molar-refractivity contribution in [2.45, 2.75) is 13.5 Å². The number of alkyl carbamates (subject to hydrolysis) is 1. The summed E-state index contributed by atoms with van der Waals surface area (Å²) in [5.74, 6) is -0.505. The van der Waals surface area contributed by atoms with Crippen LogP contribution in [-0.2, 0) is 20.9 Å². The molecule has 0 fully saturated rings. The number of carbonyl (C=O) groups excluding carboxylic acids is 2. The van der Waals surface area contributed by atoms with Crippen LogP contribution in [-0.4, -0.2) is 25.2 Å². The third kappa shape index (κ3) is 6.88. The second kappa shape index (κ2) is 8.74. The maximum absolute atomic E-state index is 11.3. The summed E-state index contributed by atoms with van der Waals surface area (Å²) in [6.45, 7) is 1.99. The number of carbonyl (C=O) groups is 2. The van der Waals surface area contributed by atoms with E-state index in [1.807, 2.05) is 37.3 Å². The molecule has 1 amide bonds. The summed E-state index contributed by atoms with van der Waals surface area (Å²) in [5.41, 5.74) is 0.883. The van der Waals surface area contributed by atoms with E-state index in [2.05, 4.69) is 5.32 Å². The molecule has 0 heterocycles. The Morgan fingerprint density at radius 2 is 1.95 bits per heavy atom. The molecule has 102 valence electrons. The smallest absolute Gasteiger partial charge is 0.407 e. The number of amides is 1. The van der Waals surface area contributed by atoms with Crippen LogP contribution in [0.3, 0.4) is 0 Å². The minimum Gasteiger partial charge on any atom is -0.460 e. The van der Waals surface area contributed by atoms with Crippen LogP contribution in [0, 0.1) is 0 Å². The first-order valence-corrected chi connectivity index (χ1v) is 5.93. The van der Waals surface area contributed by atoms with Crippen LogP contribution in [0.25, 0.3) is 0 Å². The molecule has 0 atom stereocenters. The molecule has 0 radical (unpaired) electrons. The zero-order valence-corrected chi connectivity index (χ0v) is 10.8. The number of rotatable bonds is 6. The van der Waals surface area contributed by atoms with Gasteiger partial charge in [0.1, 0.15) is 19.8 Å². The fraction of sp³-hybridized carbons (Fsp3) is 0.286. The fourth-order valence-electron chi connectivity index (χ4n) is 1.21. The predicted molar refractivity (Wildman–Crippen MR) is 70.4 cm³/mol. The molecule has 0 aliphatic carbocycles. The maximum atomic E-state index is 11.3. The van der Waals surface area contributed by atoms with Crippen molar-refractivity contribution in [1.29, 1.82) is 0 Å². The van der Waals surface area contributed by atoms with Crippen molar-refractivity contribution >= 4 is 12.1 Å². The van der Waals surface area contributed by atoms with Gasteiger partial charge in [-0.25, -0.2) is 4.79 Å². The number of esters is 1. The van der Waals surface area contributed by atoms with Crippen molar-refractivity contribution in [3.63, 3.8) is 0 Å². The molecule has 0 bridgehead atoms. The first-order valence-electron chi connectivity index (χ1n) is 5.93. The summed E-state index contributed by atoms with van der Waals surface area (Å²) >= 11 is 0. The lowest BCUT2D eigenvalue weighted by molar-refractivity contribution is -0.141. The van der Waals surface area contributed by atoms with Gasteiger partial charge in [-0.1, -0.05) is 42.5 Å². The number of allylic oxidation sites excluding steroid dienone is 1. The summed E-state index contributed by atoms with van der Waals surface area (Å²) in [6, 6.07) is 9.28. The summed E-state index contributed by atoms with van der Waals surface area (Å²) in [5, 5.41) is 2.32. The molecule has 0 aliphatic rings. The summed E-state index contributed by atoms with van der Waals surface area (Å²) < 4.78 is 9.73. The molecule has 1 rings (SSSR count). The van der Waals surface area contributed by atoms with Crippen LogP contribution >= 0.6 is 0 Å². The van der Waals surface area contributed by atoms with Gasteiger partial charge in [-0.3, -0.25) is 4.79 Å². The Bertz CT molecular complexity index is 428. The van der Waals surface area contributed by atoms with Gasteiger partial charge in [0.25, 0.3) is 0 Å². The number of hydrogen-bond acceptors (Lipinski definition) is 4. The number of ether oxygens (including phenoxy) is 2. The van der Waals surface area contributed by atoms with Crippen molar-refractivity contribution < 1.29 is 19.1 Å². The monoisotopic (exact) mass is 263 g/mol. The quantitative estimate of drug-likeness (QED) is 0.630. The summed E-state index contributed by atoms with van der Waals surface area (Å²) in [7, 11) is 0. The van der Waals surface area contributed by atoms with Crippen LogP contribution in [0.2, 0.25) is 0 Å². The third-order valence-electron chi connectivity index (χ3n) is 2.17. The Kier molecular flexibility index (Phi) is 6.79. The molecular formula is C14H17NO4. The van der Waals surface area contributed by atoms with E-state index in [1.165, 1.54) is 0 Å². The lowest BCUT2D eigenvalue weighted by Crippen LogP contribution is -2.31. The molecule has 1 N–H and O–H groups in total. The van der Waals surface area contributed by atoms with Gasteiger partial charge in [-0.05, 0) is 12.5 Å². The van der Waals surface area contributed by atoms with E-state index < -0.39 is 12.1 Å². The molecular weight excluding hydrogens is 246 g/mol. The molecule has 19 heavy (non-hydrogen) atoms. The van der Waals surface area contributed by atoms with Crippen molar-refractivity contribution in [1.82, 2.24) is 5.32 Å². The van der Waals surface area contributed by atoms with Gasteiger partial charge >= 0.3 is 12.1 Å². The van der Waals surface area contributed by atoms with Gasteiger partial charge in [-0.2, -0.15) is 0 Å². The number of benzene rings is 1. The highest BCUT2D eigenvalue weighted by Crippen LogP contribution is 2.00. The molecule has 0 unspecified atom stereocenters. The Hall–Kier alpha value is -2.30. The topological polar surface area (TPSA) is 64.6 Å². The van der Waals surface area contributed by atoms with Crippen molar-refractivity contribution in [3.05, 3.63) is 48.0 Å². The number of nitrogens with one attached hydrogen (secondary N) is 1. The Morgan fingerprint density at radius 1 is 1.21 bits per heavy atom. The summed E-state index contributed by atoms with van der Waals surface area (Å²) in [6.07, 6.45) is 2.83. The largest absolute Gasteiger partial charge is 0.460 e. The SMILES string of the molecule is C/C=C\COC(=O)CNC(=O)OCc1ccccc1. The number of hydrogen-bond donors (Lipinski definition) is 1. The molecule has 0 aromatic heterocycles. The van der Waals surface area contributed by atoms with Gasteiger partial charge in [-0.15, -0.1) is 0 Å². The van der Waals surface area contributed by atoms with E-state index in [0.29, 0.717) is 0 Å². The minimum atomic E-state index is -0.646. The van der Waals surface area contributed by atoms with E-state index in [-0.39, 0.29) is 19.8 Å². The average Bonchev–Trinajstić information content (AvgIpc) is 2.44. The average molecular weight is 263 g/mol. The lowest BCUT2D eigenvalue weighted by Gasteiger charge is -2.06.